The molecule has 0 fully saturated rings. The predicted molar refractivity (Wildman–Crippen MR) is 89.0 cm³/mol. The summed E-state index contributed by atoms with van der Waals surface area (Å²) in [5.74, 6) is 0. The van der Waals surface area contributed by atoms with E-state index in [1.807, 2.05) is 7.11 Å². The maximum absolute atomic E-state index is 5.92. The van der Waals surface area contributed by atoms with Gasteiger partial charge in [0, 0.05) is 0 Å². The molecule has 4 heteroatoms. The number of allylic oxidation sites excluding steroid dienone is 4. The smallest absolute Gasteiger partial charge is 0.147 e. The summed E-state index contributed by atoms with van der Waals surface area (Å²) in [4.78, 5) is 0. The molecule has 0 aromatic heterocycles. The van der Waals surface area contributed by atoms with Gasteiger partial charge in [0.05, 0.1) is 0 Å². The van der Waals surface area contributed by atoms with Crippen molar-refractivity contribution in [2.75, 3.05) is 7.11 Å². The molecular weight excluding hydrogens is 327 g/mol. The van der Waals surface area contributed by atoms with Crippen LogP contribution in [0, 0.1) is 0 Å². The zero-order valence-electron chi connectivity index (χ0n) is 12.5. The fourth-order valence-electron chi connectivity index (χ4n) is 2.43. The largest absolute Gasteiger partial charge is 0.147 e. The van der Waals surface area contributed by atoms with Crippen LogP contribution in [0.3, 0.4) is 0 Å². The second-order valence-corrected chi connectivity index (χ2v) is 10.5. The number of benzene rings is 1. The van der Waals surface area contributed by atoms with E-state index >= 15 is 0 Å². The molecule has 1 aliphatic rings. The molecule has 0 unspecified atom stereocenters. The molecule has 2 rings (SSSR count). The van der Waals surface area contributed by atoms with Crippen LogP contribution in [-0.4, -0.2) is 7.11 Å². The van der Waals surface area contributed by atoms with Crippen LogP contribution in [0.25, 0.3) is 5.57 Å². The van der Waals surface area contributed by atoms with Crippen molar-refractivity contribution in [2.24, 2.45) is 0 Å². The number of hydrogen-bond acceptors (Lipinski definition) is 1. The molecule has 0 saturated carbocycles. The van der Waals surface area contributed by atoms with Crippen molar-refractivity contribution in [2.45, 2.75) is 30.9 Å². The van der Waals surface area contributed by atoms with E-state index in [0.717, 1.165) is 6.42 Å². The minimum atomic E-state index is -1.73. The summed E-state index contributed by atoms with van der Waals surface area (Å²) in [5.41, 5.74) is 2.83. The Morgan fingerprint density at radius 1 is 1.10 bits per heavy atom. The van der Waals surface area contributed by atoms with Gasteiger partial charge in [0.2, 0.25) is 0 Å². The normalized spacial score (nSPS) is 13.3. The molecule has 1 nitrogen and oxygen atoms in total. The van der Waals surface area contributed by atoms with Crippen molar-refractivity contribution in [1.82, 2.24) is 0 Å². The van der Waals surface area contributed by atoms with E-state index in [-0.39, 0.29) is 28.5 Å². The van der Waals surface area contributed by atoms with Gasteiger partial charge >= 0.3 is 117 Å². The Balaban J connectivity index is 0.00000180. The van der Waals surface area contributed by atoms with E-state index in [1.54, 1.807) is 0 Å². The van der Waals surface area contributed by atoms with Crippen LogP contribution in [0.4, 0.5) is 0 Å². The first-order valence-corrected chi connectivity index (χ1v) is 8.61. The molecule has 0 amide bonds. The molecule has 0 saturated heterocycles. The minimum absolute atomic E-state index is 0. The Labute approximate surface area is 141 Å². The molecule has 0 atom stereocenters. The Morgan fingerprint density at radius 2 is 1.75 bits per heavy atom. The third-order valence-corrected chi connectivity index (χ3v) is 7.38. The van der Waals surface area contributed by atoms with Gasteiger partial charge in [-0.1, -0.05) is 0 Å². The van der Waals surface area contributed by atoms with E-state index in [1.165, 1.54) is 15.0 Å². The molecule has 0 aliphatic heterocycles. The summed E-state index contributed by atoms with van der Waals surface area (Å²) in [6, 6.07) is 8.77. The quantitative estimate of drug-likeness (QED) is 0.705. The monoisotopic (exact) mass is 349 g/mol. The third-order valence-electron chi connectivity index (χ3n) is 3.17. The molecule has 0 N–H and O–H groups in total. The molecule has 111 valence electrons. The standard InChI is InChI=1S/C11H9.C4H9.CH3O.2ClH.Ti/c1-2-6-10(7-3-1)11-8-4-5-9-11;1-4(2)3;1-2;;;/h1-6,8H,9H2;1-3H3;1H3;2*1H;/q;;-1;;;+1. The van der Waals surface area contributed by atoms with Crippen LogP contribution in [0.15, 0.2) is 42.5 Å². The molecule has 0 radical (unpaired) electrons. The van der Waals surface area contributed by atoms with Gasteiger partial charge in [-0.05, 0) is 0 Å². The molecule has 20 heavy (non-hydrogen) atoms. The van der Waals surface area contributed by atoms with Crippen molar-refractivity contribution in [3.05, 3.63) is 48.1 Å². The molecule has 0 heterocycles. The van der Waals surface area contributed by atoms with E-state index < -0.39 is 18.3 Å². The third kappa shape index (κ3) is 4.48. The Bertz CT molecular complexity index is 489. The van der Waals surface area contributed by atoms with Gasteiger partial charge in [-0.2, -0.15) is 0 Å². The van der Waals surface area contributed by atoms with Gasteiger partial charge in [0.25, 0.3) is 0 Å². The van der Waals surface area contributed by atoms with Crippen LogP contribution in [0.5, 0.6) is 0 Å². The van der Waals surface area contributed by atoms with Crippen LogP contribution < -0.4 is 3.87 Å². The van der Waals surface area contributed by atoms with Crippen LogP contribution in [0.1, 0.15) is 32.8 Å². The van der Waals surface area contributed by atoms with Crippen LogP contribution in [0.2, 0.25) is 3.72 Å². The zero-order chi connectivity index (χ0) is 13.2. The summed E-state index contributed by atoms with van der Waals surface area (Å²) >= 11 is -1.73. The van der Waals surface area contributed by atoms with Crippen LogP contribution >= 0.6 is 24.8 Å². The average Bonchev–Trinajstić information content (AvgIpc) is 2.82. The van der Waals surface area contributed by atoms with Crippen molar-refractivity contribution >= 4 is 34.3 Å². The Morgan fingerprint density at radius 3 is 2.25 bits per heavy atom. The van der Waals surface area contributed by atoms with E-state index in [2.05, 4.69) is 63.3 Å². The summed E-state index contributed by atoms with van der Waals surface area (Å²) in [6.45, 7) is 6.89. The number of hydrogen-bond donors (Lipinski definition) is 0. The van der Waals surface area contributed by atoms with Crippen molar-refractivity contribution < 1.29 is 21.6 Å². The summed E-state index contributed by atoms with van der Waals surface area (Å²) in [6.07, 6.45) is 7.65. The Hall–Kier alpha value is -0.0457. The molecule has 1 aliphatic carbocycles. The van der Waals surface area contributed by atoms with E-state index in [9.17, 15) is 0 Å². The second-order valence-electron chi connectivity index (χ2n) is 5.65. The van der Waals surface area contributed by atoms with Gasteiger partial charge < -0.3 is 0 Å². The predicted octanol–water partition coefficient (Wildman–Crippen LogP) is 4.90. The maximum Gasteiger partial charge on any atom is -0.147 e. The fourth-order valence-corrected chi connectivity index (χ4v) is 6.14. The molecule has 1 aromatic rings. The first kappa shape index (κ1) is 20.0. The van der Waals surface area contributed by atoms with Crippen molar-refractivity contribution in [1.29, 1.82) is 0 Å². The van der Waals surface area contributed by atoms with E-state index in [0.29, 0.717) is 0 Å². The topological polar surface area (TPSA) is 9.23 Å². The van der Waals surface area contributed by atoms with E-state index in [4.69, 9.17) is 3.32 Å². The zero-order valence-corrected chi connectivity index (χ0v) is 15.7. The first-order chi connectivity index (χ1) is 8.54. The summed E-state index contributed by atoms with van der Waals surface area (Å²) in [7, 11) is 1.87. The van der Waals surface area contributed by atoms with Gasteiger partial charge in [-0.3, -0.25) is 0 Å². The number of halogens is 2. The summed E-state index contributed by atoms with van der Waals surface area (Å²) in [5, 5.41) is 0. The van der Waals surface area contributed by atoms with Crippen molar-refractivity contribution in [3.8, 4) is 0 Å². The minimum Gasteiger partial charge on any atom is -0.147 e. The van der Waals surface area contributed by atoms with Crippen molar-refractivity contribution in [3.63, 3.8) is 0 Å². The van der Waals surface area contributed by atoms with Gasteiger partial charge in [-0.25, -0.2) is 0 Å². The average molecular weight is 350 g/mol. The van der Waals surface area contributed by atoms with Crippen LogP contribution in [-0.2, 0) is 21.6 Å². The second kappa shape index (κ2) is 8.41. The molecule has 0 spiro atoms. The maximum atomic E-state index is 5.92. The molecular formula is C16H23Cl2OTi. The SMILES string of the molecule is C[O][Ti]([c]1ccccc1C1=CC=CC1)[C](C)(C)C.Cl.Cl. The fraction of sp³-hybridized carbons (Fsp3) is 0.375. The van der Waals surface area contributed by atoms with Gasteiger partial charge in [0.1, 0.15) is 0 Å². The molecule has 1 aromatic carbocycles. The molecule has 0 bridgehead atoms. The van der Waals surface area contributed by atoms with Gasteiger partial charge in [-0.15, -0.1) is 24.8 Å². The first-order valence-electron chi connectivity index (χ1n) is 6.41. The number of rotatable bonds is 3. The van der Waals surface area contributed by atoms with Gasteiger partial charge in [0.15, 0.2) is 0 Å². The summed E-state index contributed by atoms with van der Waals surface area (Å²) < 4.78 is 7.64. The Kier molecular flexibility index (Phi) is 8.39.